The Morgan fingerprint density at radius 2 is 2.21 bits per heavy atom. The zero-order valence-corrected chi connectivity index (χ0v) is 12.8. The number of nitrogens with zero attached hydrogens (tertiary/aromatic N) is 3. The second-order valence-corrected chi connectivity index (χ2v) is 6.42. The first-order valence-corrected chi connectivity index (χ1v) is 7.65. The standard InChI is InChI=1S/C15H28N4/c1-11(2)9-19-15(17-10-18-19)8-14(16-4)13-7-5-6-12(13)3/h10-14,16H,5-9H2,1-4H3. The quantitative estimate of drug-likeness (QED) is 0.858. The van der Waals surface area contributed by atoms with Gasteiger partial charge in [0.1, 0.15) is 12.2 Å². The van der Waals surface area contributed by atoms with E-state index in [0.717, 1.165) is 30.6 Å². The van der Waals surface area contributed by atoms with E-state index in [1.54, 1.807) is 6.33 Å². The van der Waals surface area contributed by atoms with Crippen molar-refractivity contribution in [2.45, 2.75) is 59.0 Å². The fourth-order valence-corrected chi connectivity index (χ4v) is 3.38. The lowest BCUT2D eigenvalue weighted by molar-refractivity contribution is 0.300. The summed E-state index contributed by atoms with van der Waals surface area (Å²) in [5.74, 6) is 3.36. The second kappa shape index (κ2) is 6.51. The molecule has 1 aliphatic rings. The molecule has 0 amide bonds. The Morgan fingerprint density at radius 3 is 2.79 bits per heavy atom. The average molecular weight is 264 g/mol. The van der Waals surface area contributed by atoms with E-state index in [2.05, 4.69) is 47.9 Å². The molecule has 3 unspecified atom stereocenters. The largest absolute Gasteiger partial charge is 0.316 e. The van der Waals surface area contributed by atoms with Crippen molar-refractivity contribution in [2.24, 2.45) is 17.8 Å². The summed E-state index contributed by atoms with van der Waals surface area (Å²) in [5.41, 5.74) is 0. The van der Waals surface area contributed by atoms with Gasteiger partial charge in [-0.1, -0.05) is 33.6 Å². The molecule has 2 rings (SSSR count). The van der Waals surface area contributed by atoms with Crippen molar-refractivity contribution in [1.29, 1.82) is 0 Å². The van der Waals surface area contributed by atoms with Gasteiger partial charge in [-0.25, -0.2) is 9.67 Å². The topological polar surface area (TPSA) is 42.7 Å². The normalized spacial score (nSPS) is 25.1. The third-order valence-electron chi connectivity index (χ3n) is 4.45. The number of likely N-dealkylation sites (N-methyl/N-ethyl adjacent to an activating group) is 1. The van der Waals surface area contributed by atoms with E-state index in [-0.39, 0.29) is 0 Å². The Kier molecular flexibility index (Phi) is 4.97. The predicted molar refractivity (Wildman–Crippen MR) is 77.9 cm³/mol. The molecule has 1 aromatic rings. The van der Waals surface area contributed by atoms with Crippen molar-refractivity contribution in [1.82, 2.24) is 20.1 Å². The Hall–Kier alpha value is -0.900. The minimum Gasteiger partial charge on any atom is -0.316 e. The van der Waals surface area contributed by atoms with Gasteiger partial charge in [-0.15, -0.1) is 0 Å². The fourth-order valence-electron chi connectivity index (χ4n) is 3.38. The highest BCUT2D eigenvalue weighted by Gasteiger charge is 2.30. The van der Waals surface area contributed by atoms with E-state index < -0.39 is 0 Å². The molecule has 1 heterocycles. The van der Waals surface area contributed by atoms with Crippen LogP contribution in [0.2, 0.25) is 0 Å². The molecule has 1 saturated carbocycles. The first-order valence-electron chi connectivity index (χ1n) is 7.65. The highest BCUT2D eigenvalue weighted by molar-refractivity contribution is 4.94. The van der Waals surface area contributed by atoms with Gasteiger partial charge in [-0.2, -0.15) is 5.10 Å². The predicted octanol–water partition coefficient (Wildman–Crippen LogP) is 2.50. The summed E-state index contributed by atoms with van der Waals surface area (Å²) in [6, 6.07) is 0.535. The molecular formula is C15H28N4. The van der Waals surface area contributed by atoms with Crippen molar-refractivity contribution >= 4 is 0 Å². The maximum Gasteiger partial charge on any atom is 0.138 e. The molecule has 1 N–H and O–H groups in total. The molecule has 0 aliphatic heterocycles. The molecule has 0 bridgehead atoms. The van der Waals surface area contributed by atoms with Crippen LogP contribution in [0.15, 0.2) is 6.33 Å². The van der Waals surface area contributed by atoms with Gasteiger partial charge in [-0.3, -0.25) is 0 Å². The second-order valence-electron chi connectivity index (χ2n) is 6.42. The van der Waals surface area contributed by atoms with Crippen molar-refractivity contribution in [3.05, 3.63) is 12.2 Å². The minimum atomic E-state index is 0.535. The van der Waals surface area contributed by atoms with E-state index in [9.17, 15) is 0 Å². The lowest BCUT2D eigenvalue weighted by Gasteiger charge is -2.26. The van der Waals surface area contributed by atoms with E-state index in [1.165, 1.54) is 19.3 Å². The molecule has 4 heteroatoms. The summed E-state index contributed by atoms with van der Waals surface area (Å²) in [6.45, 7) is 7.80. The molecule has 19 heavy (non-hydrogen) atoms. The van der Waals surface area contributed by atoms with Gasteiger partial charge in [0.2, 0.25) is 0 Å². The average Bonchev–Trinajstić information content (AvgIpc) is 2.95. The minimum absolute atomic E-state index is 0.535. The van der Waals surface area contributed by atoms with Crippen molar-refractivity contribution in [3.63, 3.8) is 0 Å². The van der Waals surface area contributed by atoms with Gasteiger partial charge >= 0.3 is 0 Å². The van der Waals surface area contributed by atoms with Crippen LogP contribution >= 0.6 is 0 Å². The molecule has 1 fully saturated rings. The van der Waals surface area contributed by atoms with Crippen LogP contribution in [0.4, 0.5) is 0 Å². The van der Waals surface area contributed by atoms with Crippen LogP contribution in [0.1, 0.15) is 45.9 Å². The maximum atomic E-state index is 4.47. The van der Waals surface area contributed by atoms with Crippen molar-refractivity contribution in [2.75, 3.05) is 7.05 Å². The zero-order valence-electron chi connectivity index (χ0n) is 12.8. The van der Waals surface area contributed by atoms with Gasteiger partial charge in [-0.05, 0) is 31.2 Å². The molecule has 1 aliphatic carbocycles. The van der Waals surface area contributed by atoms with Crippen molar-refractivity contribution in [3.8, 4) is 0 Å². The molecule has 0 radical (unpaired) electrons. The van der Waals surface area contributed by atoms with Crippen LogP contribution in [0, 0.1) is 17.8 Å². The first-order chi connectivity index (χ1) is 9.11. The Labute approximate surface area is 117 Å². The molecule has 108 valence electrons. The van der Waals surface area contributed by atoms with Crippen molar-refractivity contribution < 1.29 is 0 Å². The van der Waals surface area contributed by atoms with Crippen LogP contribution in [0.5, 0.6) is 0 Å². The maximum absolute atomic E-state index is 4.47. The summed E-state index contributed by atoms with van der Waals surface area (Å²) in [7, 11) is 2.08. The zero-order chi connectivity index (χ0) is 13.8. The van der Waals surface area contributed by atoms with Crippen LogP contribution in [-0.4, -0.2) is 27.9 Å². The summed E-state index contributed by atoms with van der Waals surface area (Å²) in [5, 5.41) is 7.88. The lowest BCUT2D eigenvalue weighted by atomic mass is 9.88. The smallest absolute Gasteiger partial charge is 0.138 e. The lowest BCUT2D eigenvalue weighted by Crippen LogP contribution is -2.37. The third kappa shape index (κ3) is 3.56. The molecule has 3 atom stereocenters. The molecule has 4 nitrogen and oxygen atoms in total. The number of aromatic nitrogens is 3. The van der Waals surface area contributed by atoms with Crippen LogP contribution in [0.25, 0.3) is 0 Å². The fraction of sp³-hybridized carbons (Fsp3) is 0.867. The Morgan fingerprint density at radius 1 is 1.42 bits per heavy atom. The van der Waals surface area contributed by atoms with Crippen LogP contribution < -0.4 is 5.32 Å². The van der Waals surface area contributed by atoms with E-state index >= 15 is 0 Å². The molecule has 1 aromatic heterocycles. The molecular weight excluding hydrogens is 236 g/mol. The molecule has 0 saturated heterocycles. The van der Waals surface area contributed by atoms with Gasteiger partial charge in [0.25, 0.3) is 0 Å². The van der Waals surface area contributed by atoms with Crippen LogP contribution in [0.3, 0.4) is 0 Å². The van der Waals surface area contributed by atoms with E-state index in [0.29, 0.717) is 12.0 Å². The van der Waals surface area contributed by atoms with E-state index in [1.807, 2.05) is 0 Å². The number of hydrogen-bond acceptors (Lipinski definition) is 3. The molecule has 0 spiro atoms. The highest BCUT2D eigenvalue weighted by atomic mass is 15.3. The van der Waals surface area contributed by atoms with Gasteiger partial charge < -0.3 is 5.32 Å². The first kappa shape index (κ1) is 14.5. The summed E-state index contributed by atoms with van der Waals surface area (Å²) < 4.78 is 2.08. The Balaban J connectivity index is 2.03. The van der Waals surface area contributed by atoms with E-state index in [4.69, 9.17) is 0 Å². The monoisotopic (exact) mass is 264 g/mol. The highest BCUT2D eigenvalue weighted by Crippen LogP contribution is 2.34. The SMILES string of the molecule is CNC(Cc1ncnn1CC(C)C)C1CCCC1C. The van der Waals surface area contributed by atoms with Crippen LogP contribution in [-0.2, 0) is 13.0 Å². The number of rotatable bonds is 6. The number of hydrogen-bond donors (Lipinski definition) is 1. The number of nitrogens with one attached hydrogen (secondary N) is 1. The summed E-state index contributed by atoms with van der Waals surface area (Å²) in [4.78, 5) is 4.47. The van der Waals surface area contributed by atoms with Gasteiger partial charge in [0, 0.05) is 19.0 Å². The summed E-state index contributed by atoms with van der Waals surface area (Å²) >= 11 is 0. The summed E-state index contributed by atoms with van der Waals surface area (Å²) in [6.07, 6.45) is 6.80. The van der Waals surface area contributed by atoms with Gasteiger partial charge in [0.05, 0.1) is 0 Å². The molecule has 0 aromatic carbocycles. The van der Waals surface area contributed by atoms with Gasteiger partial charge in [0.15, 0.2) is 0 Å². The Bertz CT molecular complexity index is 385. The third-order valence-corrected chi connectivity index (χ3v) is 4.45.